The van der Waals surface area contributed by atoms with Crippen LogP contribution in [-0.4, -0.2) is 17.8 Å². The quantitative estimate of drug-likeness (QED) is 0.785. The number of rotatable bonds is 6. The van der Waals surface area contributed by atoms with Gasteiger partial charge in [-0.25, -0.2) is 0 Å². The van der Waals surface area contributed by atoms with Crippen LogP contribution < -0.4 is 0 Å². The van der Waals surface area contributed by atoms with Crippen LogP contribution in [0.25, 0.3) is 6.08 Å². The highest BCUT2D eigenvalue weighted by atomic mass is 16.5. The van der Waals surface area contributed by atoms with Crippen molar-refractivity contribution < 1.29 is 14.3 Å². The molecule has 0 amide bonds. The third-order valence-corrected chi connectivity index (χ3v) is 3.15. The summed E-state index contributed by atoms with van der Waals surface area (Å²) in [6.07, 6.45) is 9.57. The van der Waals surface area contributed by atoms with Gasteiger partial charge >= 0.3 is 0 Å². The largest absolute Gasteiger partial charge is 0.459 e. The molecule has 0 radical (unpaired) electrons. The van der Waals surface area contributed by atoms with E-state index in [4.69, 9.17) is 14.3 Å². The van der Waals surface area contributed by atoms with Crippen LogP contribution in [0, 0.1) is 0 Å². The van der Waals surface area contributed by atoms with E-state index < -0.39 is 0 Å². The van der Waals surface area contributed by atoms with Crippen LogP contribution in [0.2, 0.25) is 0 Å². The fraction of sp³-hybridized carbons (Fsp3) is 0.467. The molecule has 1 aromatic rings. The molecular weight excluding hydrogens is 228 g/mol. The predicted octanol–water partition coefficient (Wildman–Crippen LogP) is 3.30. The summed E-state index contributed by atoms with van der Waals surface area (Å²) in [4.78, 5) is 0. The Kier molecular flexibility index (Phi) is 4.79. The van der Waals surface area contributed by atoms with Gasteiger partial charge < -0.3 is 14.3 Å². The van der Waals surface area contributed by atoms with Crippen molar-refractivity contribution in [1.82, 2.24) is 0 Å². The van der Waals surface area contributed by atoms with Crippen LogP contribution >= 0.6 is 0 Å². The maximum atomic E-state index is 8.95. The van der Waals surface area contributed by atoms with E-state index in [1.807, 2.05) is 12.1 Å². The number of aliphatic hydroxyl groups excluding tert-OH is 1. The summed E-state index contributed by atoms with van der Waals surface area (Å²) in [6, 6.07) is 3.70. The molecule has 1 aliphatic heterocycles. The van der Waals surface area contributed by atoms with Gasteiger partial charge in [-0.1, -0.05) is 24.6 Å². The third kappa shape index (κ3) is 3.59. The van der Waals surface area contributed by atoms with Gasteiger partial charge in [0.1, 0.15) is 18.1 Å². The van der Waals surface area contributed by atoms with Crippen LogP contribution in [0.3, 0.4) is 0 Å². The monoisotopic (exact) mass is 248 g/mol. The summed E-state index contributed by atoms with van der Waals surface area (Å²) in [5.41, 5.74) is 1.35. The predicted molar refractivity (Wildman–Crippen MR) is 71.0 cm³/mol. The SMILES string of the molecule is CC/C(=C\c1ccc(CO)o1)CC[C@@H]1C=CCO1. The molecule has 0 saturated carbocycles. The molecule has 2 heterocycles. The maximum absolute atomic E-state index is 8.95. The van der Waals surface area contributed by atoms with Gasteiger partial charge in [-0.3, -0.25) is 0 Å². The van der Waals surface area contributed by atoms with E-state index in [2.05, 4.69) is 25.2 Å². The van der Waals surface area contributed by atoms with E-state index in [1.54, 1.807) is 0 Å². The summed E-state index contributed by atoms with van der Waals surface area (Å²) >= 11 is 0. The first-order valence-corrected chi connectivity index (χ1v) is 6.49. The fourth-order valence-electron chi connectivity index (χ4n) is 2.06. The Hall–Kier alpha value is -1.32. The second kappa shape index (κ2) is 6.57. The molecule has 1 N–H and O–H groups in total. The van der Waals surface area contributed by atoms with Crippen molar-refractivity contribution in [1.29, 1.82) is 0 Å². The molecule has 0 aromatic carbocycles. The maximum Gasteiger partial charge on any atom is 0.130 e. The Bertz CT molecular complexity index is 429. The average Bonchev–Trinajstić information content (AvgIpc) is 3.05. The minimum Gasteiger partial charge on any atom is -0.459 e. The lowest BCUT2D eigenvalue weighted by atomic mass is 10.0. The van der Waals surface area contributed by atoms with Gasteiger partial charge in [-0.05, 0) is 37.5 Å². The van der Waals surface area contributed by atoms with Gasteiger partial charge in [-0.15, -0.1) is 0 Å². The van der Waals surface area contributed by atoms with Crippen LogP contribution in [0.5, 0.6) is 0 Å². The Morgan fingerprint density at radius 1 is 1.50 bits per heavy atom. The first-order valence-electron chi connectivity index (χ1n) is 6.49. The topological polar surface area (TPSA) is 42.6 Å². The first-order chi connectivity index (χ1) is 8.81. The molecule has 0 unspecified atom stereocenters. The van der Waals surface area contributed by atoms with Gasteiger partial charge in [0.2, 0.25) is 0 Å². The van der Waals surface area contributed by atoms with Crippen molar-refractivity contribution in [3.8, 4) is 0 Å². The van der Waals surface area contributed by atoms with E-state index in [-0.39, 0.29) is 12.7 Å². The minimum absolute atomic E-state index is 0.0456. The highest BCUT2D eigenvalue weighted by Crippen LogP contribution is 2.20. The van der Waals surface area contributed by atoms with Crippen molar-refractivity contribution in [2.24, 2.45) is 0 Å². The lowest BCUT2D eigenvalue weighted by molar-refractivity contribution is 0.121. The van der Waals surface area contributed by atoms with Crippen LogP contribution in [0.1, 0.15) is 37.7 Å². The number of furan rings is 1. The molecule has 1 aromatic heterocycles. The van der Waals surface area contributed by atoms with Gasteiger partial charge in [0.05, 0.1) is 12.7 Å². The number of aliphatic hydroxyl groups is 1. The molecule has 3 nitrogen and oxygen atoms in total. The zero-order valence-corrected chi connectivity index (χ0v) is 10.8. The zero-order valence-electron chi connectivity index (χ0n) is 10.8. The fourth-order valence-corrected chi connectivity index (χ4v) is 2.06. The molecule has 98 valence electrons. The molecule has 1 atom stereocenters. The molecule has 0 bridgehead atoms. The molecule has 2 rings (SSSR count). The zero-order chi connectivity index (χ0) is 12.8. The standard InChI is InChI=1S/C15H20O3/c1-2-12(5-6-13-4-3-9-17-13)10-14-7-8-15(11-16)18-14/h3-4,7-8,10,13,16H,2,5-6,9,11H2,1H3/b12-10+/t13-/m0/s1. The second-order valence-electron chi connectivity index (χ2n) is 4.46. The van der Waals surface area contributed by atoms with Gasteiger partial charge in [0.15, 0.2) is 0 Å². The second-order valence-corrected chi connectivity index (χ2v) is 4.46. The summed E-state index contributed by atoms with van der Waals surface area (Å²) in [5.74, 6) is 1.43. The first kappa shape index (κ1) is 13.1. The molecule has 1 aliphatic rings. The molecule has 3 heteroatoms. The molecule has 0 saturated heterocycles. The minimum atomic E-state index is -0.0456. The molecule has 0 spiro atoms. The number of hydrogen-bond acceptors (Lipinski definition) is 3. The van der Waals surface area contributed by atoms with E-state index >= 15 is 0 Å². The summed E-state index contributed by atoms with van der Waals surface area (Å²) < 4.78 is 11.0. The molecule has 0 fully saturated rings. The Labute approximate surface area is 108 Å². The number of hydrogen-bond donors (Lipinski definition) is 1. The van der Waals surface area contributed by atoms with Crippen molar-refractivity contribution in [2.75, 3.05) is 6.61 Å². The number of allylic oxidation sites excluding steroid dienone is 1. The normalized spacial score (nSPS) is 19.7. The van der Waals surface area contributed by atoms with E-state index in [1.165, 1.54) is 5.57 Å². The summed E-state index contributed by atoms with van der Waals surface area (Å²) in [6.45, 7) is 2.84. The highest BCUT2D eigenvalue weighted by molar-refractivity contribution is 5.47. The highest BCUT2D eigenvalue weighted by Gasteiger charge is 2.10. The van der Waals surface area contributed by atoms with Crippen molar-refractivity contribution in [2.45, 2.75) is 38.9 Å². The van der Waals surface area contributed by atoms with E-state index in [9.17, 15) is 0 Å². The lowest BCUT2D eigenvalue weighted by Crippen LogP contribution is -2.04. The van der Waals surface area contributed by atoms with Gasteiger partial charge in [0.25, 0.3) is 0 Å². The Morgan fingerprint density at radius 2 is 2.39 bits per heavy atom. The molecule has 18 heavy (non-hydrogen) atoms. The molecular formula is C15H20O3. The van der Waals surface area contributed by atoms with Crippen LogP contribution in [-0.2, 0) is 11.3 Å². The van der Waals surface area contributed by atoms with Crippen LogP contribution in [0.4, 0.5) is 0 Å². The van der Waals surface area contributed by atoms with Gasteiger partial charge in [0, 0.05) is 0 Å². The van der Waals surface area contributed by atoms with Crippen molar-refractivity contribution in [3.63, 3.8) is 0 Å². The Morgan fingerprint density at radius 3 is 3.00 bits per heavy atom. The van der Waals surface area contributed by atoms with Gasteiger partial charge in [-0.2, -0.15) is 0 Å². The summed E-state index contributed by atoms with van der Waals surface area (Å²) in [7, 11) is 0. The lowest BCUT2D eigenvalue weighted by Gasteiger charge is -2.09. The van der Waals surface area contributed by atoms with Crippen molar-refractivity contribution >= 4 is 6.08 Å². The third-order valence-electron chi connectivity index (χ3n) is 3.15. The molecule has 0 aliphatic carbocycles. The average molecular weight is 248 g/mol. The van der Waals surface area contributed by atoms with Crippen LogP contribution in [0.15, 0.2) is 34.3 Å². The van der Waals surface area contributed by atoms with E-state index in [0.717, 1.165) is 31.6 Å². The smallest absolute Gasteiger partial charge is 0.130 e. The van der Waals surface area contributed by atoms with E-state index in [0.29, 0.717) is 5.76 Å². The van der Waals surface area contributed by atoms with Crippen molar-refractivity contribution in [3.05, 3.63) is 41.4 Å². The summed E-state index contributed by atoms with van der Waals surface area (Å²) in [5, 5.41) is 8.95. The number of ether oxygens (including phenoxy) is 1. The Balaban J connectivity index is 1.92.